The Balaban J connectivity index is 2.61. The fourth-order valence-electron chi connectivity index (χ4n) is 1.49. The zero-order chi connectivity index (χ0) is 14.3. The standard InChI is InChI=1S/C13H19N3O3/c1-4-14-13(18)16-12(17)9(2)15-10-7-5-6-8-11(10)19-3/h5-9,15H,4H2,1-3H3,(H2,14,16,17,18). The van der Waals surface area contributed by atoms with E-state index in [0.717, 1.165) is 0 Å². The highest BCUT2D eigenvalue weighted by Gasteiger charge is 2.16. The van der Waals surface area contributed by atoms with E-state index < -0.39 is 18.0 Å². The van der Waals surface area contributed by atoms with Crippen LogP contribution in [0.1, 0.15) is 13.8 Å². The number of imide groups is 1. The van der Waals surface area contributed by atoms with Crippen LogP contribution in [0.2, 0.25) is 0 Å². The highest BCUT2D eigenvalue weighted by Crippen LogP contribution is 2.23. The number of rotatable bonds is 5. The van der Waals surface area contributed by atoms with Crippen LogP contribution in [-0.4, -0.2) is 31.6 Å². The summed E-state index contributed by atoms with van der Waals surface area (Å²) < 4.78 is 5.17. The summed E-state index contributed by atoms with van der Waals surface area (Å²) in [5, 5.41) is 7.73. The summed E-state index contributed by atoms with van der Waals surface area (Å²) in [7, 11) is 1.56. The maximum atomic E-state index is 11.8. The highest BCUT2D eigenvalue weighted by molar-refractivity contribution is 5.98. The van der Waals surface area contributed by atoms with E-state index in [-0.39, 0.29) is 0 Å². The minimum Gasteiger partial charge on any atom is -0.495 e. The molecule has 0 radical (unpaired) electrons. The molecule has 104 valence electrons. The van der Waals surface area contributed by atoms with Gasteiger partial charge in [0.05, 0.1) is 12.8 Å². The molecule has 0 aliphatic rings. The van der Waals surface area contributed by atoms with Crippen LogP contribution in [-0.2, 0) is 4.79 Å². The van der Waals surface area contributed by atoms with Crippen molar-refractivity contribution < 1.29 is 14.3 Å². The number of hydrogen-bond donors (Lipinski definition) is 3. The Morgan fingerprint density at radius 2 is 2.00 bits per heavy atom. The topological polar surface area (TPSA) is 79.5 Å². The maximum Gasteiger partial charge on any atom is 0.321 e. The van der Waals surface area contributed by atoms with Gasteiger partial charge in [0.2, 0.25) is 5.91 Å². The molecule has 19 heavy (non-hydrogen) atoms. The zero-order valence-corrected chi connectivity index (χ0v) is 11.3. The normalized spacial score (nSPS) is 11.3. The molecule has 3 amide bonds. The van der Waals surface area contributed by atoms with Gasteiger partial charge in [-0.1, -0.05) is 12.1 Å². The number of carbonyl (C=O) groups is 2. The summed E-state index contributed by atoms with van der Waals surface area (Å²) in [4.78, 5) is 23.0. The van der Waals surface area contributed by atoms with Crippen LogP contribution >= 0.6 is 0 Å². The summed E-state index contributed by atoms with van der Waals surface area (Å²) >= 11 is 0. The molecule has 1 aromatic rings. The SMILES string of the molecule is CCNC(=O)NC(=O)C(C)Nc1ccccc1OC. The predicted molar refractivity (Wildman–Crippen MR) is 73.3 cm³/mol. The van der Waals surface area contributed by atoms with Crippen molar-refractivity contribution in [3.63, 3.8) is 0 Å². The van der Waals surface area contributed by atoms with Gasteiger partial charge in [0.25, 0.3) is 0 Å². The molecule has 3 N–H and O–H groups in total. The molecule has 0 aromatic heterocycles. The van der Waals surface area contributed by atoms with E-state index in [1.165, 1.54) is 0 Å². The molecule has 0 saturated carbocycles. The third kappa shape index (κ3) is 4.50. The lowest BCUT2D eigenvalue weighted by Gasteiger charge is -2.16. The molecular formula is C13H19N3O3. The van der Waals surface area contributed by atoms with Crippen molar-refractivity contribution in [2.75, 3.05) is 19.0 Å². The van der Waals surface area contributed by atoms with Gasteiger partial charge in [0.15, 0.2) is 0 Å². The number of amides is 3. The number of nitrogens with one attached hydrogen (secondary N) is 3. The minimum atomic E-state index is -0.557. The van der Waals surface area contributed by atoms with Crippen LogP contribution in [0, 0.1) is 0 Å². The molecule has 0 aliphatic heterocycles. The summed E-state index contributed by atoms with van der Waals surface area (Å²) in [6.07, 6.45) is 0. The van der Waals surface area contributed by atoms with Crippen molar-refractivity contribution in [3.05, 3.63) is 24.3 Å². The smallest absolute Gasteiger partial charge is 0.321 e. The number of carbonyl (C=O) groups excluding carboxylic acids is 2. The van der Waals surface area contributed by atoms with Crippen LogP contribution in [0.3, 0.4) is 0 Å². The van der Waals surface area contributed by atoms with Gasteiger partial charge in [-0.3, -0.25) is 10.1 Å². The fraction of sp³-hybridized carbons (Fsp3) is 0.385. The Bertz CT molecular complexity index is 449. The van der Waals surface area contributed by atoms with Gasteiger partial charge < -0.3 is 15.4 Å². The second-order valence-electron chi connectivity index (χ2n) is 3.92. The van der Waals surface area contributed by atoms with Crippen molar-refractivity contribution in [3.8, 4) is 5.75 Å². The number of hydrogen-bond acceptors (Lipinski definition) is 4. The molecule has 0 spiro atoms. The van der Waals surface area contributed by atoms with Crippen molar-refractivity contribution >= 4 is 17.6 Å². The quantitative estimate of drug-likeness (QED) is 0.750. The number of para-hydroxylation sites is 2. The fourth-order valence-corrected chi connectivity index (χ4v) is 1.49. The first-order chi connectivity index (χ1) is 9.08. The second kappa shape index (κ2) is 7.25. The van der Waals surface area contributed by atoms with Gasteiger partial charge in [0.1, 0.15) is 11.8 Å². The van der Waals surface area contributed by atoms with Gasteiger partial charge in [-0.2, -0.15) is 0 Å². The first-order valence-corrected chi connectivity index (χ1v) is 6.06. The molecule has 1 atom stereocenters. The third-order valence-electron chi connectivity index (χ3n) is 2.45. The van der Waals surface area contributed by atoms with E-state index in [2.05, 4.69) is 16.0 Å². The van der Waals surface area contributed by atoms with E-state index in [0.29, 0.717) is 18.0 Å². The highest BCUT2D eigenvalue weighted by atomic mass is 16.5. The van der Waals surface area contributed by atoms with E-state index in [4.69, 9.17) is 4.74 Å². The summed E-state index contributed by atoms with van der Waals surface area (Å²) in [6.45, 7) is 3.91. The lowest BCUT2D eigenvalue weighted by Crippen LogP contribution is -2.45. The Morgan fingerprint density at radius 1 is 1.32 bits per heavy atom. The molecule has 1 unspecified atom stereocenters. The number of anilines is 1. The molecule has 1 aromatic carbocycles. The Labute approximate surface area is 112 Å². The molecular weight excluding hydrogens is 246 g/mol. The molecule has 0 aliphatic carbocycles. The molecule has 6 heteroatoms. The lowest BCUT2D eigenvalue weighted by atomic mass is 10.2. The zero-order valence-electron chi connectivity index (χ0n) is 11.3. The average Bonchev–Trinajstić information content (AvgIpc) is 2.39. The van der Waals surface area contributed by atoms with Crippen LogP contribution in [0.25, 0.3) is 0 Å². The minimum absolute atomic E-state index is 0.406. The number of urea groups is 1. The molecule has 6 nitrogen and oxygen atoms in total. The largest absolute Gasteiger partial charge is 0.495 e. The van der Waals surface area contributed by atoms with Crippen LogP contribution in [0.15, 0.2) is 24.3 Å². The molecule has 0 heterocycles. The van der Waals surface area contributed by atoms with Gasteiger partial charge in [-0.15, -0.1) is 0 Å². The van der Waals surface area contributed by atoms with Crippen LogP contribution < -0.4 is 20.7 Å². The number of methoxy groups -OCH3 is 1. The van der Waals surface area contributed by atoms with Crippen LogP contribution in [0.4, 0.5) is 10.5 Å². The Hall–Kier alpha value is -2.24. The number of benzene rings is 1. The van der Waals surface area contributed by atoms with Gasteiger partial charge >= 0.3 is 6.03 Å². The average molecular weight is 265 g/mol. The van der Waals surface area contributed by atoms with Gasteiger partial charge in [-0.05, 0) is 26.0 Å². The van der Waals surface area contributed by atoms with E-state index in [1.54, 1.807) is 33.1 Å². The molecule has 0 fully saturated rings. The Kier molecular flexibility index (Phi) is 5.66. The van der Waals surface area contributed by atoms with Gasteiger partial charge in [0, 0.05) is 6.54 Å². The van der Waals surface area contributed by atoms with Gasteiger partial charge in [-0.25, -0.2) is 4.79 Å². The van der Waals surface area contributed by atoms with E-state index >= 15 is 0 Å². The van der Waals surface area contributed by atoms with E-state index in [1.807, 2.05) is 12.1 Å². The maximum absolute atomic E-state index is 11.8. The molecule has 0 bridgehead atoms. The van der Waals surface area contributed by atoms with E-state index in [9.17, 15) is 9.59 Å². The summed E-state index contributed by atoms with van der Waals surface area (Å²) in [6, 6.07) is 6.20. The van der Waals surface area contributed by atoms with Crippen molar-refractivity contribution in [1.29, 1.82) is 0 Å². The molecule has 0 saturated heterocycles. The first-order valence-electron chi connectivity index (χ1n) is 6.06. The monoisotopic (exact) mass is 265 g/mol. The van der Waals surface area contributed by atoms with Crippen molar-refractivity contribution in [2.24, 2.45) is 0 Å². The number of ether oxygens (including phenoxy) is 1. The summed E-state index contributed by atoms with van der Waals surface area (Å²) in [5.74, 6) is 0.233. The predicted octanol–water partition coefficient (Wildman–Crippen LogP) is 1.34. The first kappa shape index (κ1) is 14.8. The lowest BCUT2D eigenvalue weighted by molar-refractivity contribution is -0.120. The van der Waals surface area contributed by atoms with Crippen LogP contribution in [0.5, 0.6) is 5.75 Å². The third-order valence-corrected chi connectivity index (χ3v) is 2.45. The Morgan fingerprint density at radius 3 is 2.63 bits per heavy atom. The summed E-state index contributed by atoms with van der Waals surface area (Å²) in [5.41, 5.74) is 0.698. The second-order valence-corrected chi connectivity index (χ2v) is 3.92. The molecule has 1 rings (SSSR count). The van der Waals surface area contributed by atoms with Crippen molar-refractivity contribution in [1.82, 2.24) is 10.6 Å². The van der Waals surface area contributed by atoms with Crippen molar-refractivity contribution in [2.45, 2.75) is 19.9 Å².